The molecule has 7 nitrogen and oxygen atoms in total. The SMILES string of the molecule is CC(=O)Cc1ccc2cc(C(=O)OCCCCCCOC(=O)c3ccc4cc(OC(C)=O)ccc4c3)ccc2c1. The average Bonchev–Trinajstić information content (AvgIpc) is 2.93. The summed E-state index contributed by atoms with van der Waals surface area (Å²) in [5.41, 5.74) is 1.91. The molecule has 0 atom stereocenters. The van der Waals surface area contributed by atoms with Crippen molar-refractivity contribution in [2.45, 2.75) is 46.0 Å². The minimum Gasteiger partial charge on any atom is -0.462 e. The van der Waals surface area contributed by atoms with E-state index in [1.165, 1.54) is 6.92 Å². The maximum absolute atomic E-state index is 12.4. The molecule has 0 aromatic heterocycles. The molecule has 0 amide bonds. The van der Waals surface area contributed by atoms with E-state index in [9.17, 15) is 19.2 Å². The number of ether oxygens (including phenoxy) is 3. The van der Waals surface area contributed by atoms with Gasteiger partial charge in [0.25, 0.3) is 0 Å². The Labute approximate surface area is 233 Å². The van der Waals surface area contributed by atoms with Crippen LogP contribution in [-0.4, -0.2) is 36.9 Å². The lowest BCUT2D eigenvalue weighted by atomic mass is 10.0. The van der Waals surface area contributed by atoms with Crippen LogP contribution in [0.25, 0.3) is 21.5 Å². The highest BCUT2D eigenvalue weighted by atomic mass is 16.5. The van der Waals surface area contributed by atoms with Crippen molar-refractivity contribution in [1.29, 1.82) is 0 Å². The highest BCUT2D eigenvalue weighted by molar-refractivity contribution is 5.96. The van der Waals surface area contributed by atoms with Gasteiger partial charge in [0.05, 0.1) is 24.3 Å². The molecule has 0 saturated heterocycles. The maximum Gasteiger partial charge on any atom is 0.338 e. The summed E-state index contributed by atoms with van der Waals surface area (Å²) in [6.07, 6.45) is 3.54. The Kier molecular flexibility index (Phi) is 9.62. The molecular formula is C33H32O7. The number of Topliss-reactive ketones (excluding diaryl/α,β-unsaturated/α-hetero) is 1. The van der Waals surface area contributed by atoms with Crippen molar-refractivity contribution in [1.82, 2.24) is 0 Å². The molecule has 0 aliphatic carbocycles. The molecule has 0 radical (unpaired) electrons. The molecule has 0 unspecified atom stereocenters. The van der Waals surface area contributed by atoms with Crippen LogP contribution in [0.2, 0.25) is 0 Å². The van der Waals surface area contributed by atoms with Crippen molar-refractivity contribution < 1.29 is 33.4 Å². The first-order valence-corrected chi connectivity index (χ1v) is 13.4. The second kappa shape index (κ2) is 13.5. The first-order valence-electron chi connectivity index (χ1n) is 13.4. The van der Waals surface area contributed by atoms with Crippen LogP contribution in [0.15, 0.2) is 72.8 Å². The summed E-state index contributed by atoms with van der Waals surface area (Å²) >= 11 is 0. The number of esters is 3. The molecule has 0 heterocycles. The highest BCUT2D eigenvalue weighted by Gasteiger charge is 2.10. The van der Waals surface area contributed by atoms with E-state index in [1.54, 1.807) is 55.5 Å². The van der Waals surface area contributed by atoms with Crippen molar-refractivity contribution in [3.8, 4) is 5.75 Å². The predicted octanol–water partition coefficient (Wildman–Crippen LogP) is 6.62. The van der Waals surface area contributed by atoms with Crippen LogP contribution in [0.1, 0.15) is 65.8 Å². The molecule has 0 fully saturated rings. The Morgan fingerprint density at radius 1 is 0.575 bits per heavy atom. The lowest BCUT2D eigenvalue weighted by Gasteiger charge is -2.08. The van der Waals surface area contributed by atoms with Crippen LogP contribution < -0.4 is 4.74 Å². The number of hydrogen-bond donors (Lipinski definition) is 0. The van der Waals surface area contributed by atoms with E-state index in [0.29, 0.717) is 36.5 Å². The number of rotatable bonds is 12. The number of benzene rings is 4. The van der Waals surface area contributed by atoms with Crippen LogP contribution in [0.4, 0.5) is 0 Å². The summed E-state index contributed by atoms with van der Waals surface area (Å²) in [4.78, 5) is 47.3. The first-order chi connectivity index (χ1) is 19.3. The van der Waals surface area contributed by atoms with Gasteiger partial charge in [0.15, 0.2) is 0 Å². The fourth-order valence-corrected chi connectivity index (χ4v) is 4.45. The van der Waals surface area contributed by atoms with Crippen LogP contribution in [-0.2, 0) is 25.5 Å². The standard InChI is InChI=1S/C33H32O7/c1-22(34)17-24-7-8-26-19-29(11-9-25(26)18-24)32(36)38-15-5-3-4-6-16-39-33(37)30-12-10-28-21-31(40-23(2)35)14-13-27(28)20-30/h7-14,18-21H,3-6,15-17H2,1-2H3. The van der Waals surface area contributed by atoms with Crippen LogP contribution in [0.5, 0.6) is 5.75 Å². The molecule has 206 valence electrons. The number of fused-ring (bicyclic) bond motifs is 2. The van der Waals surface area contributed by atoms with E-state index in [-0.39, 0.29) is 23.7 Å². The van der Waals surface area contributed by atoms with Crippen molar-refractivity contribution in [3.63, 3.8) is 0 Å². The van der Waals surface area contributed by atoms with Gasteiger partial charge in [-0.3, -0.25) is 9.59 Å². The topological polar surface area (TPSA) is 96.0 Å². The predicted molar refractivity (Wildman–Crippen MR) is 153 cm³/mol. The third-order valence-electron chi connectivity index (χ3n) is 6.41. The summed E-state index contributed by atoms with van der Waals surface area (Å²) in [6, 6.07) is 21.7. The van der Waals surface area contributed by atoms with Gasteiger partial charge >= 0.3 is 17.9 Å². The van der Waals surface area contributed by atoms with Crippen LogP contribution >= 0.6 is 0 Å². The monoisotopic (exact) mass is 540 g/mol. The zero-order chi connectivity index (χ0) is 28.5. The number of hydrogen-bond acceptors (Lipinski definition) is 7. The fraction of sp³-hybridized carbons (Fsp3) is 0.273. The molecule has 0 spiro atoms. The van der Waals surface area contributed by atoms with Crippen LogP contribution in [0.3, 0.4) is 0 Å². The van der Waals surface area contributed by atoms with E-state index in [2.05, 4.69) is 0 Å². The largest absolute Gasteiger partial charge is 0.462 e. The van der Waals surface area contributed by atoms with Crippen molar-refractivity contribution in [2.24, 2.45) is 0 Å². The number of carbonyl (C=O) groups excluding carboxylic acids is 4. The van der Waals surface area contributed by atoms with Gasteiger partial charge in [-0.15, -0.1) is 0 Å². The Hall–Kier alpha value is -4.52. The van der Waals surface area contributed by atoms with Crippen molar-refractivity contribution >= 4 is 45.2 Å². The molecule has 7 heteroatoms. The third-order valence-corrected chi connectivity index (χ3v) is 6.41. The Bertz CT molecular complexity index is 1440. The van der Waals surface area contributed by atoms with Crippen molar-refractivity contribution in [3.05, 3.63) is 89.5 Å². The summed E-state index contributed by atoms with van der Waals surface area (Å²) in [5.74, 6) is -0.559. The third kappa shape index (κ3) is 7.99. The second-order valence-electron chi connectivity index (χ2n) is 9.78. The van der Waals surface area contributed by atoms with Gasteiger partial charge in [-0.25, -0.2) is 9.59 Å². The molecule has 0 bridgehead atoms. The minimum atomic E-state index is -0.385. The smallest absolute Gasteiger partial charge is 0.338 e. The van der Waals surface area contributed by atoms with Crippen LogP contribution in [0, 0.1) is 0 Å². The van der Waals surface area contributed by atoms with E-state index in [4.69, 9.17) is 14.2 Å². The molecule has 0 aliphatic heterocycles. The molecule has 40 heavy (non-hydrogen) atoms. The van der Waals surface area contributed by atoms with Gasteiger partial charge in [-0.2, -0.15) is 0 Å². The normalized spacial score (nSPS) is 10.8. The summed E-state index contributed by atoms with van der Waals surface area (Å²) in [6.45, 7) is 3.55. The highest BCUT2D eigenvalue weighted by Crippen LogP contribution is 2.23. The number of carbonyl (C=O) groups is 4. The molecule has 0 N–H and O–H groups in total. The number of unbranched alkanes of at least 4 members (excludes halogenated alkanes) is 3. The first kappa shape index (κ1) is 28.5. The molecule has 4 aromatic rings. The van der Waals surface area contributed by atoms with Gasteiger partial charge in [0.1, 0.15) is 11.5 Å². The molecule has 0 aliphatic rings. The second-order valence-corrected chi connectivity index (χ2v) is 9.78. The summed E-state index contributed by atoms with van der Waals surface area (Å²) in [7, 11) is 0. The number of ketones is 1. The summed E-state index contributed by atoms with van der Waals surface area (Å²) in [5, 5.41) is 3.61. The van der Waals surface area contributed by atoms with Gasteiger partial charge in [0.2, 0.25) is 0 Å². The minimum absolute atomic E-state index is 0.112. The molecule has 4 aromatic carbocycles. The molecule has 4 rings (SSSR count). The van der Waals surface area contributed by atoms with E-state index < -0.39 is 0 Å². The fourth-order valence-electron chi connectivity index (χ4n) is 4.45. The maximum atomic E-state index is 12.4. The van der Waals surface area contributed by atoms with E-state index >= 15 is 0 Å². The van der Waals surface area contributed by atoms with E-state index in [1.807, 2.05) is 24.3 Å². The Balaban J connectivity index is 1.13. The van der Waals surface area contributed by atoms with Gasteiger partial charge in [-0.1, -0.05) is 36.4 Å². The zero-order valence-electron chi connectivity index (χ0n) is 22.7. The van der Waals surface area contributed by atoms with Gasteiger partial charge in [-0.05, 0) is 96.1 Å². The van der Waals surface area contributed by atoms with Crippen molar-refractivity contribution in [2.75, 3.05) is 13.2 Å². The van der Waals surface area contributed by atoms with E-state index in [0.717, 1.165) is 52.8 Å². The lowest BCUT2D eigenvalue weighted by Crippen LogP contribution is -2.07. The van der Waals surface area contributed by atoms with Gasteiger partial charge < -0.3 is 14.2 Å². The van der Waals surface area contributed by atoms with Gasteiger partial charge in [0, 0.05) is 13.3 Å². The summed E-state index contributed by atoms with van der Waals surface area (Å²) < 4.78 is 15.9. The quantitative estimate of drug-likeness (QED) is 0.113. The average molecular weight is 541 g/mol. The Morgan fingerprint density at radius 2 is 1.07 bits per heavy atom. The molecular weight excluding hydrogens is 508 g/mol. The lowest BCUT2D eigenvalue weighted by molar-refractivity contribution is -0.131. The Morgan fingerprint density at radius 3 is 1.62 bits per heavy atom. The molecule has 0 saturated carbocycles. The zero-order valence-corrected chi connectivity index (χ0v) is 22.7.